The second-order valence-corrected chi connectivity index (χ2v) is 5.49. The molecule has 23 heavy (non-hydrogen) atoms. The quantitative estimate of drug-likeness (QED) is 0.431. The van der Waals surface area contributed by atoms with Crippen molar-refractivity contribution in [3.63, 3.8) is 0 Å². The molecule has 0 unspecified atom stereocenters. The third kappa shape index (κ3) is 3.77. The van der Waals surface area contributed by atoms with Gasteiger partial charge in [0.05, 0.1) is 10.9 Å². The number of aromatic nitrogens is 2. The molecule has 8 heteroatoms. The number of rotatable bonds is 3. The molecule has 1 aromatic heterocycles. The second kappa shape index (κ2) is 6.64. The topological polar surface area (TPSA) is 81.8 Å². The Morgan fingerprint density at radius 1 is 1.13 bits per heavy atom. The van der Waals surface area contributed by atoms with Crippen molar-refractivity contribution < 1.29 is 0 Å². The zero-order valence-corrected chi connectivity index (χ0v) is 13.3. The summed E-state index contributed by atoms with van der Waals surface area (Å²) >= 11 is 11.0. The first-order valence-corrected chi connectivity index (χ1v) is 7.48. The highest BCUT2D eigenvalue weighted by Gasteiger charge is 2.03. The van der Waals surface area contributed by atoms with Crippen LogP contribution in [0.1, 0.15) is 0 Å². The van der Waals surface area contributed by atoms with Crippen LogP contribution < -0.4 is 21.7 Å². The van der Waals surface area contributed by atoms with Crippen molar-refractivity contribution in [3.8, 4) is 0 Å². The van der Waals surface area contributed by atoms with E-state index in [1.165, 1.54) is 0 Å². The SMILES string of the molecule is O=c1[nH]c(NNC(=S)Nc2ccc(Cl)cc2)nc2ccccc12. The van der Waals surface area contributed by atoms with Crippen LogP contribution in [0, 0.1) is 0 Å². The average Bonchev–Trinajstić information content (AvgIpc) is 2.55. The summed E-state index contributed by atoms with van der Waals surface area (Å²) in [5.41, 5.74) is 6.68. The van der Waals surface area contributed by atoms with Crippen LogP contribution >= 0.6 is 23.8 Å². The highest BCUT2D eigenvalue weighted by Crippen LogP contribution is 2.13. The number of halogens is 1. The molecule has 2 aromatic carbocycles. The number of anilines is 2. The van der Waals surface area contributed by atoms with Gasteiger partial charge in [0.15, 0.2) is 5.11 Å². The largest absolute Gasteiger partial charge is 0.331 e. The van der Waals surface area contributed by atoms with Crippen LogP contribution in [-0.4, -0.2) is 15.1 Å². The highest BCUT2D eigenvalue weighted by atomic mass is 35.5. The number of para-hydroxylation sites is 1. The maximum absolute atomic E-state index is 11.9. The maximum atomic E-state index is 11.9. The number of H-pyrrole nitrogens is 1. The van der Waals surface area contributed by atoms with Crippen LogP contribution in [0.3, 0.4) is 0 Å². The van der Waals surface area contributed by atoms with Crippen LogP contribution in [0.25, 0.3) is 10.9 Å². The Hall–Kier alpha value is -2.64. The van der Waals surface area contributed by atoms with Gasteiger partial charge in [-0.15, -0.1) is 0 Å². The summed E-state index contributed by atoms with van der Waals surface area (Å²) in [5.74, 6) is 0.272. The molecule has 0 aliphatic heterocycles. The lowest BCUT2D eigenvalue weighted by Crippen LogP contribution is -2.34. The number of aromatic amines is 1. The number of thiocarbonyl (C=S) groups is 1. The van der Waals surface area contributed by atoms with Gasteiger partial charge in [-0.3, -0.25) is 20.6 Å². The van der Waals surface area contributed by atoms with Crippen LogP contribution in [0.15, 0.2) is 53.3 Å². The Labute approximate surface area is 141 Å². The van der Waals surface area contributed by atoms with E-state index in [2.05, 4.69) is 26.1 Å². The summed E-state index contributed by atoms with van der Waals surface area (Å²) in [6, 6.07) is 14.2. The van der Waals surface area contributed by atoms with E-state index in [4.69, 9.17) is 23.8 Å². The van der Waals surface area contributed by atoms with Gasteiger partial charge in [0.2, 0.25) is 5.95 Å². The Morgan fingerprint density at radius 3 is 2.65 bits per heavy atom. The molecule has 0 saturated carbocycles. The summed E-state index contributed by atoms with van der Waals surface area (Å²) in [4.78, 5) is 18.9. The van der Waals surface area contributed by atoms with Crippen LogP contribution in [0.2, 0.25) is 5.02 Å². The number of hydrogen-bond donors (Lipinski definition) is 4. The molecule has 0 radical (unpaired) electrons. The fourth-order valence-corrected chi connectivity index (χ4v) is 2.25. The normalized spacial score (nSPS) is 10.3. The summed E-state index contributed by atoms with van der Waals surface area (Å²) in [6.45, 7) is 0. The molecule has 0 aliphatic carbocycles. The average molecular weight is 346 g/mol. The fraction of sp³-hybridized carbons (Fsp3) is 0. The zero-order chi connectivity index (χ0) is 16.2. The number of hydrazine groups is 1. The van der Waals surface area contributed by atoms with Crippen LogP contribution in [0.5, 0.6) is 0 Å². The Morgan fingerprint density at radius 2 is 1.87 bits per heavy atom. The van der Waals surface area contributed by atoms with Crippen molar-refractivity contribution >= 4 is 51.5 Å². The molecule has 0 aliphatic rings. The lowest BCUT2D eigenvalue weighted by atomic mass is 10.2. The smallest absolute Gasteiger partial charge is 0.260 e. The molecule has 6 nitrogen and oxygen atoms in total. The van der Waals surface area contributed by atoms with E-state index >= 15 is 0 Å². The number of nitrogens with one attached hydrogen (secondary N) is 4. The van der Waals surface area contributed by atoms with Gasteiger partial charge in [-0.2, -0.15) is 0 Å². The molecular formula is C15H12ClN5OS. The number of fused-ring (bicyclic) bond motifs is 1. The van der Waals surface area contributed by atoms with Crippen molar-refractivity contribution in [1.29, 1.82) is 0 Å². The van der Waals surface area contributed by atoms with Gasteiger partial charge in [-0.1, -0.05) is 23.7 Å². The minimum absolute atomic E-state index is 0.225. The van der Waals surface area contributed by atoms with Gasteiger partial charge in [-0.05, 0) is 48.6 Å². The first kappa shape index (κ1) is 15.3. The standard InChI is InChI=1S/C15H12ClN5OS/c16-9-5-7-10(8-6-9)17-15(23)21-20-14-18-12-4-2-1-3-11(12)13(22)19-14/h1-8H,(H2,17,21,23)(H2,18,19,20,22). The zero-order valence-electron chi connectivity index (χ0n) is 11.8. The molecule has 0 amide bonds. The minimum atomic E-state index is -0.225. The molecular weight excluding hydrogens is 334 g/mol. The van der Waals surface area contributed by atoms with E-state index in [1.54, 1.807) is 42.5 Å². The number of hydrogen-bond acceptors (Lipinski definition) is 4. The third-order valence-electron chi connectivity index (χ3n) is 3.01. The molecule has 0 spiro atoms. The van der Waals surface area contributed by atoms with Gasteiger partial charge in [0.1, 0.15) is 0 Å². The Bertz CT molecular complexity index is 910. The summed E-state index contributed by atoms with van der Waals surface area (Å²) < 4.78 is 0. The second-order valence-electron chi connectivity index (χ2n) is 4.64. The minimum Gasteiger partial charge on any atom is -0.331 e. The van der Waals surface area contributed by atoms with E-state index in [0.717, 1.165) is 5.69 Å². The van der Waals surface area contributed by atoms with Gasteiger partial charge >= 0.3 is 0 Å². The fourth-order valence-electron chi connectivity index (χ4n) is 1.96. The van der Waals surface area contributed by atoms with Gasteiger partial charge in [0, 0.05) is 10.7 Å². The predicted octanol–water partition coefficient (Wildman–Crippen LogP) is 2.89. The van der Waals surface area contributed by atoms with Crippen molar-refractivity contribution in [1.82, 2.24) is 15.4 Å². The summed E-state index contributed by atoms with van der Waals surface area (Å²) in [5, 5.41) is 4.46. The van der Waals surface area contributed by atoms with Crippen LogP contribution in [-0.2, 0) is 0 Å². The number of benzene rings is 2. The lowest BCUT2D eigenvalue weighted by Gasteiger charge is -2.12. The molecule has 116 valence electrons. The van der Waals surface area contributed by atoms with Gasteiger partial charge in [-0.25, -0.2) is 4.98 Å². The summed E-state index contributed by atoms with van der Waals surface area (Å²) in [6.07, 6.45) is 0. The monoisotopic (exact) mass is 345 g/mol. The molecule has 4 N–H and O–H groups in total. The molecule has 3 rings (SSSR count). The van der Waals surface area contributed by atoms with E-state index in [9.17, 15) is 4.79 Å². The van der Waals surface area contributed by atoms with E-state index < -0.39 is 0 Å². The molecule has 0 fully saturated rings. The van der Waals surface area contributed by atoms with Crippen molar-refractivity contribution in [2.24, 2.45) is 0 Å². The lowest BCUT2D eigenvalue weighted by molar-refractivity contribution is 1.04. The first-order chi connectivity index (χ1) is 11.1. The highest BCUT2D eigenvalue weighted by molar-refractivity contribution is 7.80. The van der Waals surface area contributed by atoms with Crippen molar-refractivity contribution in [3.05, 3.63) is 63.9 Å². The van der Waals surface area contributed by atoms with E-state index in [-0.39, 0.29) is 11.5 Å². The molecule has 3 aromatic rings. The summed E-state index contributed by atoms with van der Waals surface area (Å²) in [7, 11) is 0. The van der Waals surface area contributed by atoms with Crippen molar-refractivity contribution in [2.45, 2.75) is 0 Å². The maximum Gasteiger partial charge on any atom is 0.260 e. The first-order valence-electron chi connectivity index (χ1n) is 6.69. The van der Waals surface area contributed by atoms with Gasteiger partial charge < -0.3 is 5.32 Å². The Kier molecular flexibility index (Phi) is 4.40. The Balaban J connectivity index is 1.67. The van der Waals surface area contributed by atoms with E-state index in [0.29, 0.717) is 21.0 Å². The third-order valence-corrected chi connectivity index (χ3v) is 3.47. The van der Waals surface area contributed by atoms with Crippen LogP contribution in [0.4, 0.5) is 11.6 Å². The number of nitrogens with zero attached hydrogens (tertiary/aromatic N) is 1. The molecule has 0 bridgehead atoms. The van der Waals surface area contributed by atoms with E-state index in [1.807, 2.05) is 6.07 Å². The van der Waals surface area contributed by atoms with Gasteiger partial charge in [0.25, 0.3) is 5.56 Å². The molecule has 0 saturated heterocycles. The molecule has 1 heterocycles. The predicted molar refractivity (Wildman–Crippen MR) is 96.8 cm³/mol. The van der Waals surface area contributed by atoms with Crippen molar-refractivity contribution in [2.75, 3.05) is 10.7 Å². The molecule has 0 atom stereocenters.